The molecule has 2 amide bonds. The predicted octanol–water partition coefficient (Wildman–Crippen LogP) is 2.88. The second kappa shape index (κ2) is 8.16. The largest absolute Gasteiger partial charge is 0.496 e. The molecule has 1 aromatic heterocycles. The topological polar surface area (TPSA) is 107 Å². The Morgan fingerprint density at radius 2 is 2.03 bits per heavy atom. The molecule has 2 aromatic rings. The molecule has 3 unspecified atom stereocenters. The van der Waals surface area contributed by atoms with Crippen LogP contribution in [0.15, 0.2) is 24.3 Å². The Balaban J connectivity index is 1.47. The van der Waals surface area contributed by atoms with Gasteiger partial charge in [0.25, 0.3) is 5.91 Å². The number of aromatic nitrogens is 1. The predicted molar refractivity (Wildman–Crippen MR) is 108 cm³/mol. The molecule has 0 saturated heterocycles. The van der Waals surface area contributed by atoms with E-state index in [1.807, 2.05) is 18.2 Å². The molecule has 0 aliphatic heterocycles. The van der Waals surface area contributed by atoms with Crippen LogP contribution in [0.5, 0.6) is 5.75 Å². The van der Waals surface area contributed by atoms with Crippen molar-refractivity contribution in [1.29, 1.82) is 5.26 Å². The van der Waals surface area contributed by atoms with Crippen LogP contribution >= 0.6 is 0 Å². The third-order valence-corrected chi connectivity index (χ3v) is 6.04. The van der Waals surface area contributed by atoms with Crippen molar-refractivity contribution in [3.63, 3.8) is 0 Å². The minimum Gasteiger partial charge on any atom is -0.496 e. The number of hydrogen-bond donors (Lipinski definition) is 3. The van der Waals surface area contributed by atoms with Crippen molar-refractivity contribution in [3.05, 3.63) is 30.0 Å². The fourth-order valence-corrected chi connectivity index (χ4v) is 4.24. The number of ether oxygens (including phenoxy) is 1. The van der Waals surface area contributed by atoms with Crippen LogP contribution in [-0.4, -0.2) is 36.0 Å². The van der Waals surface area contributed by atoms with Gasteiger partial charge in [0, 0.05) is 16.9 Å². The first-order valence-electron chi connectivity index (χ1n) is 10.3. The van der Waals surface area contributed by atoms with Crippen LogP contribution in [0.1, 0.15) is 49.0 Å². The van der Waals surface area contributed by atoms with Gasteiger partial charge in [-0.15, -0.1) is 0 Å². The maximum absolute atomic E-state index is 12.9. The number of nitrogens with zero attached hydrogens (tertiary/aromatic N) is 1. The standard InChI is InChI=1S/C22H26N4O3/c1-29-20-8-4-7-17-15(20)11-18(24-17)22(28)25-16-6-3-2-5-14(16)21(27)26-19(12-23)13-9-10-13/h4,7-8,11,13-14,16,19,24H,2-3,5-6,9-10H2,1H3,(H,25,28)(H,26,27). The third kappa shape index (κ3) is 4.07. The first-order chi connectivity index (χ1) is 14.1. The lowest BCUT2D eigenvalue weighted by atomic mass is 9.83. The summed E-state index contributed by atoms with van der Waals surface area (Å²) in [6.07, 6.45) is 5.39. The lowest BCUT2D eigenvalue weighted by Crippen LogP contribution is -2.50. The molecule has 1 heterocycles. The monoisotopic (exact) mass is 394 g/mol. The second-order valence-corrected chi connectivity index (χ2v) is 8.03. The number of fused-ring (bicyclic) bond motifs is 1. The zero-order chi connectivity index (χ0) is 20.4. The summed E-state index contributed by atoms with van der Waals surface area (Å²) in [5.74, 6) is 0.331. The Morgan fingerprint density at radius 1 is 1.24 bits per heavy atom. The average molecular weight is 394 g/mol. The fourth-order valence-electron chi connectivity index (χ4n) is 4.24. The molecule has 7 nitrogen and oxygen atoms in total. The summed E-state index contributed by atoms with van der Waals surface area (Å²) in [6.45, 7) is 0. The van der Waals surface area contributed by atoms with E-state index in [1.54, 1.807) is 13.2 Å². The number of carbonyl (C=O) groups excluding carboxylic acids is 2. The van der Waals surface area contributed by atoms with Crippen molar-refractivity contribution in [3.8, 4) is 11.8 Å². The highest BCUT2D eigenvalue weighted by Gasteiger charge is 2.37. The molecule has 0 spiro atoms. The van der Waals surface area contributed by atoms with E-state index in [0.717, 1.165) is 49.4 Å². The van der Waals surface area contributed by atoms with E-state index >= 15 is 0 Å². The molecular weight excluding hydrogens is 368 g/mol. The maximum atomic E-state index is 12.9. The Bertz CT molecular complexity index is 957. The number of methoxy groups -OCH3 is 1. The van der Waals surface area contributed by atoms with E-state index < -0.39 is 6.04 Å². The van der Waals surface area contributed by atoms with Crippen LogP contribution in [-0.2, 0) is 4.79 Å². The fraction of sp³-hybridized carbons (Fsp3) is 0.500. The van der Waals surface area contributed by atoms with Crippen LogP contribution in [0.3, 0.4) is 0 Å². The SMILES string of the molecule is COc1cccc2[nH]c(C(=O)NC3CCCCC3C(=O)NC(C#N)C3CC3)cc12. The lowest BCUT2D eigenvalue weighted by Gasteiger charge is -2.31. The van der Waals surface area contributed by atoms with Gasteiger partial charge in [-0.1, -0.05) is 18.9 Å². The van der Waals surface area contributed by atoms with Crippen molar-refractivity contribution >= 4 is 22.7 Å². The molecule has 29 heavy (non-hydrogen) atoms. The zero-order valence-electron chi connectivity index (χ0n) is 16.5. The quantitative estimate of drug-likeness (QED) is 0.700. The lowest BCUT2D eigenvalue weighted by molar-refractivity contribution is -0.127. The van der Waals surface area contributed by atoms with Gasteiger partial charge < -0.3 is 20.4 Å². The van der Waals surface area contributed by atoms with E-state index in [4.69, 9.17) is 4.74 Å². The molecule has 2 fully saturated rings. The molecule has 3 atom stereocenters. The first kappa shape index (κ1) is 19.3. The van der Waals surface area contributed by atoms with Gasteiger partial charge >= 0.3 is 0 Å². The van der Waals surface area contributed by atoms with Crippen molar-refractivity contribution < 1.29 is 14.3 Å². The van der Waals surface area contributed by atoms with Crippen LogP contribution in [0.2, 0.25) is 0 Å². The number of H-pyrrole nitrogens is 1. The summed E-state index contributed by atoms with van der Waals surface area (Å²) in [7, 11) is 1.60. The zero-order valence-corrected chi connectivity index (χ0v) is 16.5. The molecule has 0 radical (unpaired) electrons. The van der Waals surface area contributed by atoms with Crippen molar-refractivity contribution in [2.75, 3.05) is 7.11 Å². The van der Waals surface area contributed by atoms with Gasteiger partial charge in [-0.2, -0.15) is 5.26 Å². The summed E-state index contributed by atoms with van der Waals surface area (Å²) in [6, 6.07) is 8.95. The number of rotatable bonds is 6. The highest BCUT2D eigenvalue weighted by Crippen LogP contribution is 2.33. The minimum atomic E-state index is -0.415. The first-order valence-corrected chi connectivity index (χ1v) is 10.3. The molecule has 2 aliphatic carbocycles. The maximum Gasteiger partial charge on any atom is 0.267 e. The summed E-state index contributed by atoms with van der Waals surface area (Å²) < 4.78 is 5.36. The molecule has 152 valence electrons. The van der Waals surface area contributed by atoms with E-state index in [0.29, 0.717) is 11.4 Å². The number of hydrogen-bond acceptors (Lipinski definition) is 4. The van der Waals surface area contributed by atoms with Crippen LogP contribution in [0.4, 0.5) is 0 Å². The van der Waals surface area contributed by atoms with Crippen molar-refractivity contribution in [1.82, 2.24) is 15.6 Å². The van der Waals surface area contributed by atoms with Gasteiger partial charge in [-0.05, 0) is 49.8 Å². The molecule has 1 aromatic carbocycles. The smallest absolute Gasteiger partial charge is 0.267 e. The number of carbonyl (C=O) groups is 2. The summed E-state index contributed by atoms with van der Waals surface area (Å²) in [5, 5.41) is 16.1. The van der Waals surface area contributed by atoms with Crippen LogP contribution in [0.25, 0.3) is 10.9 Å². The van der Waals surface area contributed by atoms with E-state index in [1.165, 1.54) is 0 Å². The molecule has 3 N–H and O–H groups in total. The van der Waals surface area contributed by atoms with Gasteiger partial charge in [0.15, 0.2) is 0 Å². The number of benzene rings is 1. The molecule has 7 heteroatoms. The van der Waals surface area contributed by atoms with Gasteiger partial charge in [0.05, 0.1) is 19.1 Å². The minimum absolute atomic E-state index is 0.119. The molecule has 2 aliphatic rings. The van der Waals surface area contributed by atoms with E-state index in [9.17, 15) is 14.9 Å². The Hall–Kier alpha value is -3.01. The van der Waals surface area contributed by atoms with E-state index in [2.05, 4.69) is 21.7 Å². The molecule has 2 saturated carbocycles. The number of nitrogens with one attached hydrogen (secondary N) is 3. The van der Waals surface area contributed by atoms with E-state index in [-0.39, 0.29) is 29.7 Å². The van der Waals surface area contributed by atoms with Crippen molar-refractivity contribution in [2.45, 2.75) is 50.6 Å². The van der Waals surface area contributed by atoms with Gasteiger partial charge in [-0.25, -0.2) is 0 Å². The molecule has 4 rings (SSSR count). The number of amides is 2. The highest BCUT2D eigenvalue weighted by atomic mass is 16.5. The van der Waals surface area contributed by atoms with Crippen LogP contribution < -0.4 is 15.4 Å². The molecule has 0 bridgehead atoms. The Labute approximate surface area is 169 Å². The summed E-state index contributed by atoms with van der Waals surface area (Å²) in [5.41, 5.74) is 1.27. The number of aromatic amines is 1. The average Bonchev–Trinajstić information content (AvgIpc) is 3.49. The van der Waals surface area contributed by atoms with Crippen molar-refractivity contribution in [2.24, 2.45) is 11.8 Å². The summed E-state index contributed by atoms with van der Waals surface area (Å²) in [4.78, 5) is 28.8. The number of nitriles is 1. The highest BCUT2D eigenvalue weighted by molar-refractivity contribution is 6.00. The van der Waals surface area contributed by atoms with Gasteiger partial charge in [-0.3, -0.25) is 9.59 Å². The molecular formula is C22H26N4O3. The Kier molecular flexibility index (Phi) is 5.43. The van der Waals surface area contributed by atoms with Gasteiger partial charge in [0.1, 0.15) is 17.5 Å². The summed E-state index contributed by atoms with van der Waals surface area (Å²) >= 11 is 0. The Morgan fingerprint density at radius 3 is 2.76 bits per heavy atom. The third-order valence-electron chi connectivity index (χ3n) is 6.04. The second-order valence-electron chi connectivity index (χ2n) is 8.03. The normalized spacial score (nSPS) is 22.5. The van der Waals surface area contributed by atoms with Crippen LogP contribution in [0, 0.1) is 23.2 Å². The van der Waals surface area contributed by atoms with Gasteiger partial charge in [0.2, 0.25) is 5.91 Å².